The third-order valence-electron chi connectivity index (χ3n) is 4.28. The summed E-state index contributed by atoms with van der Waals surface area (Å²) >= 11 is 0. The highest BCUT2D eigenvalue weighted by molar-refractivity contribution is 6.02. The van der Waals surface area contributed by atoms with E-state index in [2.05, 4.69) is 5.32 Å². The average molecular weight is 348 g/mol. The van der Waals surface area contributed by atoms with Gasteiger partial charge in [-0.05, 0) is 30.5 Å². The van der Waals surface area contributed by atoms with E-state index in [1.165, 1.54) is 0 Å². The summed E-state index contributed by atoms with van der Waals surface area (Å²) in [5, 5.41) is 14.9. The maximum atomic E-state index is 12.5. The summed E-state index contributed by atoms with van der Waals surface area (Å²) in [7, 11) is 0. The first-order valence-electron chi connectivity index (χ1n) is 8.89. The molecule has 1 atom stereocenters. The number of nitrogens with one attached hydrogen (secondary N) is 1. The molecule has 3 aromatic carbocycles. The minimum Gasteiger partial charge on any atom is -0.392 e. The van der Waals surface area contributed by atoms with Crippen LogP contribution in [0.4, 0.5) is 11.4 Å². The van der Waals surface area contributed by atoms with Gasteiger partial charge in [0.15, 0.2) is 0 Å². The first-order chi connectivity index (χ1) is 12.6. The lowest BCUT2D eigenvalue weighted by molar-refractivity contribution is -0.116. The highest BCUT2D eigenvalue weighted by Crippen LogP contribution is 2.23. The molecule has 0 radical (unpaired) electrons. The first-order valence-corrected chi connectivity index (χ1v) is 8.89. The lowest BCUT2D eigenvalue weighted by Crippen LogP contribution is -2.33. The summed E-state index contributed by atoms with van der Waals surface area (Å²) in [6.07, 6.45) is -0.110. The molecule has 3 rings (SSSR count). The van der Waals surface area contributed by atoms with E-state index >= 15 is 0 Å². The highest BCUT2D eigenvalue weighted by atomic mass is 16.3. The molecule has 0 fully saturated rings. The number of nitrogens with zero attached hydrogens (tertiary/aromatic N) is 1. The SMILES string of the molecule is CC(O)CN(CCC(=O)Nc1cccc2ccccc12)c1ccccc1. The van der Waals surface area contributed by atoms with Crippen LogP contribution in [-0.2, 0) is 4.79 Å². The Hall–Kier alpha value is -2.85. The maximum Gasteiger partial charge on any atom is 0.226 e. The van der Waals surface area contributed by atoms with Crippen molar-refractivity contribution in [2.24, 2.45) is 0 Å². The van der Waals surface area contributed by atoms with Crippen molar-refractivity contribution in [3.63, 3.8) is 0 Å². The van der Waals surface area contributed by atoms with E-state index in [0.717, 1.165) is 22.1 Å². The molecule has 0 aromatic heterocycles. The normalized spacial score (nSPS) is 11.9. The van der Waals surface area contributed by atoms with Gasteiger partial charge in [-0.3, -0.25) is 4.79 Å². The van der Waals surface area contributed by atoms with Crippen LogP contribution in [-0.4, -0.2) is 30.2 Å². The monoisotopic (exact) mass is 348 g/mol. The van der Waals surface area contributed by atoms with Crippen molar-refractivity contribution in [1.29, 1.82) is 0 Å². The molecule has 2 N–H and O–H groups in total. The van der Waals surface area contributed by atoms with Gasteiger partial charge in [0, 0.05) is 36.3 Å². The van der Waals surface area contributed by atoms with Crippen LogP contribution in [0, 0.1) is 0 Å². The number of fused-ring (bicyclic) bond motifs is 1. The van der Waals surface area contributed by atoms with Gasteiger partial charge in [0.05, 0.1) is 6.10 Å². The van der Waals surface area contributed by atoms with Crippen molar-refractivity contribution in [3.05, 3.63) is 72.8 Å². The summed E-state index contributed by atoms with van der Waals surface area (Å²) in [6.45, 7) is 2.79. The van der Waals surface area contributed by atoms with Crippen LogP contribution in [0.25, 0.3) is 10.8 Å². The summed E-state index contributed by atoms with van der Waals surface area (Å²) in [6, 6.07) is 23.8. The lowest BCUT2D eigenvalue weighted by Gasteiger charge is -2.26. The molecule has 0 bridgehead atoms. The molecular weight excluding hydrogens is 324 g/mol. The van der Waals surface area contributed by atoms with Crippen molar-refractivity contribution < 1.29 is 9.90 Å². The third-order valence-corrected chi connectivity index (χ3v) is 4.28. The minimum atomic E-state index is -0.462. The zero-order valence-corrected chi connectivity index (χ0v) is 14.9. The van der Waals surface area contributed by atoms with Crippen molar-refractivity contribution >= 4 is 28.1 Å². The number of carbonyl (C=O) groups excluding carboxylic acids is 1. The third kappa shape index (κ3) is 4.61. The van der Waals surface area contributed by atoms with Crippen molar-refractivity contribution in [2.75, 3.05) is 23.3 Å². The van der Waals surface area contributed by atoms with E-state index in [9.17, 15) is 9.90 Å². The number of hydrogen-bond donors (Lipinski definition) is 2. The Morgan fingerprint density at radius 2 is 1.69 bits per heavy atom. The summed E-state index contributed by atoms with van der Waals surface area (Å²) < 4.78 is 0. The van der Waals surface area contributed by atoms with Crippen LogP contribution in [0.3, 0.4) is 0 Å². The van der Waals surface area contributed by atoms with Gasteiger partial charge in [0.25, 0.3) is 0 Å². The molecule has 4 heteroatoms. The van der Waals surface area contributed by atoms with Crippen molar-refractivity contribution in [2.45, 2.75) is 19.4 Å². The van der Waals surface area contributed by atoms with Crippen LogP contribution >= 0.6 is 0 Å². The number of amides is 1. The number of anilines is 2. The van der Waals surface area contributed by atoms with Crippen LogP contribution in [0.1, 0.15) is 13.3 Å². The Morgan fingerprint density at radius 1 is 1.00 bits per heavy atom. The minimum absolute atomic E-state index is 0.0344. The summed E-state index contributed by atoms with van der Waals surface area (Å²) in [4.78, 5) is 14.5. The predicted molar refractivity (Wildman–Crippen MR) is 108 cm³/mol. The molecule has 1 unspecified atom stereocenters. The van der Waals surface area contributed by atoms with Crippen LogP contribution in [0.15, 0.2) is 72.8 Å². The highest BCUT2D eigenvalue weighted by Gasteiger charge is 2.12. The molecule has 0 aliphatic carbocycles. The standard InChI is InChI=1S/C22H24N2O2/c1-17(25)16-24(19-10-3-2-4-11-19)15-14-22(26)23-21-13-7-9-18-8-5-6-12-20(18)21/h2-13,17,25H,14-16H2,1H3,(H,23,26). The number of rotatable bonds is 7. The topological polar surface area (TPSA) is 52.6 Å². The molecule has 0 spiro atoms. The van der Waals surface area contributed by atoms with Gasteiger partial charge in [-0.2, -0.15) is 0 Å². The molecule has 1 amide bonds. The molecule has 134 valence electrons. The molecule has 4 nitrogen and oxygen atoms in total. The predicted octanol–water partition coefficient (Wildman–Crippen LogP) is 4.06. The second-order valence-electron chi connectivity index (χ2n) is 6.46. The molecular formula is C22H24N2O2. The van der Waals surface area contributed by atoms with E-state index in [1.807, 2.05) is 77.7 Å². The van der Waals surface area contributed by atoms with Gasteiger partial charge in [0.2, 0.25) is 5.91 Å². The van der Waals surface area contributed by atoms with Crippen LogP contribution < -0.4 is 10.2 Å². The van der Waals surface area contributed by atoms with E-state index in [4.69, 9.17) is 0 Å². The molecule has 0 saturated heterocycles. The van der Waals surface area contributed by atoms with Gasteiger partial charge >= 0.3 is 0 Å². The number of carbonyl (C=O) groups is 1. The van der Waals surface area contributed by atoms with Crippen molar-refractivity contribution in [1.82, 2.24) is 0 Å². The fourth-order valence-corrected chi connectivity index (χ4v) is 3.07. The number of benzene rings is 3. The largest absolute Gasteiger partial charge is 0.392 e. The summed E-state index contributed by atoms with van der Waals surface area (Å²) in [5.41, 5.74) is 1.83. The second-order valence-corrected chi connectivity index (χ2v) is 6.46. The number of aliphatic hydroxyl groups excluding tert-OH is 1. The smallest absolute Gasteiger partial charge is 0.226 e. The molecule has 0 aliphatic heterocycles. The zero-order valence-electron chi connectivity index (χ0n) is 14.9. The van der Waals surface area contributed by atoms with E-state index in [0.29, 0.717) is 19.5 Å². The van der Waals surface area contributed by atoms with Gasteiger partial charge in [-0.1, -0.05) is 54.6 Å². The Labute approximate surface area is 154 Å². The number of para-hydroxylation sites is 1. The van der Waals surface area contributed by atoms with E-state index in [-0.39, 0.29) is 5.91 Å². The van der Waals surface area contributed by atoms with E-state index in [1.54, 1.807) is 6.92 Å². The van der Waals surface area contributed by atoms with Crippen molar-refractivity contribution in [3.8, 4) is 0 Å². The first kappa shape index (κ1) is 18.0. The number of aliphatic hydroxyl groups is 1. The average Bonchev–Trinajstić information content (AvgIpc) is 2.66. The van der Waals surface area contributed by atoms with Gasteiger partial charge < -0.3 is 15.3 Å². The fraction of sp³-hybridized carbons (Fsp3) is 0.227. The molecule has 0 aliphatic rings. The zero-order chi connectivity index (χ0) is 18.4. The fourth-order valence-electron chi connectivity index (χ4n) is 3.07. The maximum absolute atomic E-state index is 12.5. The number of hydrogen-bond acceptors (Lipinski definition) is 3. The van der Waals surface area contributed by atoms with Gasteiger partial charge in [0.1, 0.15) is 0 Å². The Kier molecular flexibility index (Phi) is 5.87. The molecule has 3 aromatic rings. The van der Waals surface area contributed by atoms with Crippen LogP contribution in [0.2, 0.25) is 0 Å². The Bertz CT molecular complexity index is 857. The molecule has 0 heterocycles. The lowest BCUT2D eigenvalue weighted by atomic mass is 10.1. The van der Waals surface area contributed by atoms with E-state index < -0.39 is 6.10 Å². The molecule has 26 heavy (non-hydrogen) atoms. The second kappa shape index (κ2) is 8.50. The Balaban J connectivity index is 1.66. The van der Waals surface area contributed by atoms with Gasteiger partial charge in [-0.25, -0.2) is 0 Å². The molecule has 0 saturated carbocycles. The summed E-state index contributed by atoms with van der Waals surface area (Å²) in [5.74, 6) is -0.0344. The van der Waals surface area contributed by atoms with Gasteiger partial charge in [-0.15, -0.1) is 0 Å². The Morgan fingerprint density at radius 3 is 2.46 bits per heavy atom. The van der Waals surface area contributed by atoms with Crippen LogP contribution in [0.5, 0.6) is 0 Å². The quantitative estimate of drug-likeness (QED) is 0.677.